The Kier molecular flexibility index (Phi) is 3.68. The zero-order valence-electron chi connectivity index (χ0n) is 12.8. The van der Waals surface area contributed by atoms with Crippen LogP contribution in [-0.4, -0.2) is 11.9 Å². The van der Waals surface area contributed by atoms with Gasteiger partial charge in [-0.15, -0.1) is 0 Å². The van der Waals surface area contributed by atoms with Crippen LogP contribution in [0, 0.1) is 5.82 Å². The van der Waals surface area contributed by atoms with Gasteiger partial charge >= 0.3 is 0 Å². The second-order valence-electron chi connectivity index (χ2n) is 5.44. The molecule has 0 saturated carbocycles. The number of nitrogens with zero attached hydrogens (tertiary/aromatic N) is 1. The lowest BCUT2D eigenvalue weighted by atomic mass is 9.92. The predicted octanol–water partition coefficient (Wildman–Crippen LogP) is 5.10. The molecule has 110 valence electrons. The molecule has 1 aliphatic rings. The van der Waals surface area contributed by atoms with Gasteiger partial charge in [-0.25, -0.2) is 4.39 Å². The third kappa shape index (κ3) is 2.37. The summed E-state index contributed by atoms with van der Waals surface area (Å²) in [6.07, 6.45) is 2.08. The van der Waals surface area contributed by atoms with E-state index in [4.69, 9.17) is 0 Å². The monoisotopic (exact) mass is 291 g/mol. The van der Waals surface area contributed by atoms with Gasteiger partial charge in [0, 0.05) is 23.9 Å². The maximum absolute atomic E-state index is 14.3. The van der Waals surface area contributed by atoms with E-state index in [1.807, 2.05) is 61.3 Å². The molecule has 0 bridgehead atoms. The Morgan fingerprint density at radius 3 is 2.27 bits per heavy atom. The second-order valence-corrected chi connectivity index (χ2v) is 5.44. The number of allylic oxidation sites excluding steroid dienone is 3. The molecule has 0 spiro atoms. The van der Waals surface area contributed by atoms with Crippen molar-refractivity contribution >= 4 is 11.3 Å². The molecule has 0 atom stereocenters. The van der Waals surface area contributed by atoms with Crippen molar-refractivity contribution in [1.29, 1.82) is 0 Å². The van der Waals surface area contributed by atoms with E-state index in [2.05, 4.69) is 12.7 Å². The molecule has 2 aromatic carbocycles. The average Bonchev–Trinajstić information content (AvgIpc) is 2.54. The van der Waals surface area contributed by atoms with Gasteiger partial charge in [0.1, 0.15) is 5.82 Å². The summed E-state index contributed by atoms with van der Waals surface area (Å²) in [7, 11) is 1.93. The zero-order chi connectivity index (χ0) is 15.7. The first-order valence-electron chi connectivity index (χ1n) is 7.25. The first-order chi connectivity index (χ1) is 10.6. The number of rotatable bonds is 2. The number of benzene rings is 2. The van der Waals surface area contributed by atoms with Gasteiger partial charge in [-0.05, 0) is 36.3 Å². The normalized spacial score (nSPS) is 15.1. The fraction of sp³-hybridized carbons (Fsp3) is 0.100. The van der Waals surface area contributed by atoms with Gasteiger partial charge in [0.05, 0.1) is 5.70 Å². The third-order valence-corrected chi connectivity index (χ3v) is 4.03. The molecule has 1 heterocycles. The SMILES string of the molecule is C=C1C(C)=CC(c2ccccc2)=C(c2ccccc2F)N1C. The number of halogens is 1. The molecule has 22 heavy (non-hydrogen) atoms. The van der Waals surface area contributed by atoms with E-state index in [1.165, 1.54) is 6.07 Å². The van der Waals surface area contributed by atoms with Crippen LogP contribution in [0.15, 0.2) is 78.5 Å². The summed E-state index contributed by atoms with van der Waals surface area (Å²) in [5, 5.41) is 0. The smallest absolute Gasteiger partial charge is 0.132 e. The van der Waals surface area contributed by atoms with Crippen LogP contribution in [0.3, 0.4) is 0 Å². The molecular weight excluding hydrogens is 273 g/mol. The Hall–Kier alpha value is -2.61. The molecule has 1 aliphatic heterocycles. The van der Waals surface area contributed by atoms with Crippen molar-refractivity contribution in [3.8, 4) is 0 Å². The lowest BCUT2D eigenvalue weighted by Gasteiger charge is -2.32. The largest absolute Gasteiger partial charge is 0.344 e. The van der Waals surface area contributed by atoms with Crippen LogP contribution in [0.1, 0.15) is 18.1 Å². The Bertz CT molecular complexity index is 784. The zero-order valence-corrected chi connectivity index (χ0v) is 12.8. The van der Waals surface area contributed by atoms with Crippen molar-refractivity contribution in [1.82, 2.24) is 4.90 Å². The molecule has 0 radical (unpaired) electrons. The first kappa shape index (κ1) is 14.3. The molecule has 0 saturated heterocycles. The predicted molar refractivity (Wildman–Crippen MR) is 90.3 cm³/mol. The molecule has 0 amide bonds. The highest BCUT2D eigenvalue weighted by molar-refractivity contribution is 5.97. The van der Waals surface area contributed by atoms with Crippen LogP contribution in [-0.2, 0) is 0 Å². The number of hydrogen-bond donors (Lipinski definition) is 0. The molecule has 0 fully saturated rings. The van der Waals surface area contributed by atoms with E-state index in [-0.39, 0.29) is 5.82 Å². The summed E-state index contributed by atoms with van der Waals surface area (Å²) in [5.74, 6) is -0.224. The van der Waals surface area contributed by atoms with E-state index in [1.54, 1.807) is 6.07 Å². The summed E-state index contributed by atoms with van der Waals surface area (Å²) >= 11 is 0. The average molecular weight is 291 g/mol. The molecule has 1 nitrogen and oxygen atoms in total. The summed E-state index contributed by atoms with van der Waals surface area (Å²) in [5.41, 5.74) is 5.49. The summed E-state index contributed by atoms with van der Waals surface area (Å²) < 4.78 is 14.3. The molecule has 2 aromatic rings. The van der Waals surface area contributed by atoms with Gasteiger partial charge in [-0.2, -0.15) is 0 Å². The van der Waals surface area contributed by atoms with Crippen LogP contribution < -0.4 is 0 Å². The minimum atomic E-state index is -0.224. The van der Waals surface area contributed by atoms with Gasteiger partial charge in [0.25, 0.3) is 0 Å². The Balaban J connectivity index is 2.31. The maximum atomic E-state index is 14.3. The summed E-state index contributed by atoms with van der Waals surface area (Å²) in [6.45, 7) is 6.14. The van der Waals surface area contributed by atoms with E-state index in [0.29, 0.717) is 5.56 Å². The summed E-state index contributed by atoms with van der Waals surface area (Å²) in [4.78, 5) is 1.97. The first-order valence-corrected chi connectivity index (χ1v) is 7.25. The van der Waals surface area contributed by atoms with Crippen LogP contribution >= 0.6 is 0 Å². The minimum Gasteiger partial charge on any atom is -0.344 e. The van der Waals surface area contributed by atoms with Gasteiger partial charge in [0.15, 0.2) is 0 Å². The Morgan fingerprint density at radius 2 is 1.59 bits per heavy atom. The van der Waals surface area contributed by atoms with Crippen LogP contribution in [0.4, 0.5) is 4.39 Å². The van der Waals surface area contributed by atoms with E-state index in [0.717, 1.165) is 28.1 Å². The highest BCUT2D eigenvalue weighted by Gasteiger charge is 2.23. The Labute approximate surface area is 130 Å². The number of hydrogen-bond acceptors (Lipinski definition) is 1. The van der Waals surface area contributed by atoms with Gasteiger partial charge in [-0.3, -0.25) is 0 Å². The molecular formula is C20H18FN. The quantitative estimate of drug-likeness (QED) is 0.744. The topological polar surface area (TPSA) is 3.24 Å². The minimum absolute atomic E-state index is 0.224. The van der Waals surface area contributed by atoms with Crippen LogP contribution in [0.2, 0.25) is 0 Å². The lowest BCUT2D eigenvalue weighted by molar-refractivity contribution is 0.582. The van der Waals surface area contributed by atoms with Crippen LogP contribution in [0.25, 0.3) is 11.3 Å². The molecule has 2 heteroatoms. The third-order valence-electron chi connectivity index (χ3n) is 4.03. The molecule has 0 aliphatic carbocycles. The maximum Gasteiger partial charge on any atom is 0.132 e. The second kappa shape index (κ2) is 5.64. The molecule has 0 unspecified atom stereocenters. The van der Waals surface area contributed by atoms with Crippen molar-refractivity contribution in [2.75, 3.05) is 7.05 Å². The fourth-order valence-corrected chi connectivity index (χ4v) is 2.77. The molecule has 3 rings (SSSR count). The van der Waals surface area contributed by atoms with Crippen molar-refractivity contribution < 1.29 is 4.39 Å². The van der Waals surface area contributed by atoms with Gasteiger partial charge < -0.3 is 4.90 Å². The molecule has 0 N–H and O–H groups in total. The van der Waals surface area contributed by atoms with Crippen molar-refractivity contribution in [2.45, 2.75) is 6.92 Å². The summed E-state index contributed by atoms with van der Waals surface area (Å²) in [6, 6.07) is 16.9. The highest BCUT2D eigenvalue weighted by atomic mass is 19.1. The van der Waals surface area contributed by atoms with E-state index < -0.39 is 0 Å². The van der Waals surface area contributed by atoms with Gasteiger partial charge in [0.2, 0.25) is 0 Å². The van der Waals surface area contributed by atoms with Crippen LogP contribution in [0.5, 0.6) is 0 Å². The van der Waals surface area contributed by atoms with Gasteiger partial charge in [-0.1, -0.05) is 49.0 Å². The highest BCUT2D eigenvalue weighted by Crippen LogP contribution is 2.38. The number of likely N-dealkylation sites (N-methyl/N-ethyl adjacent to an activating group) is 1. The van der Waals surface area contributed by atoms with E-state index >= 15 is 0 Å². The molecule has 0 aromatic heterocycles. The lowest BCUT2D eigenvalue weighted by Crippen LogP contribution is -2.21. The Morgan fingerprint density at radius 1 is 0.955 bits per heavy atom. The van der Waals surface area contributed by atoms with Crippen molar-refractivity contribution in [3.05, 3.63) is 95.5 Å². The van der Waals surface area contributed by atoms with Crippen molar-refractivity contribution in [3.63, 3.8) is 0 Å². The van der Waals surface area contributed by atoms with Crippen molar-refractivity contribution in [2.24, 2.45) is 0 Å². The fourth-order valence-electron chi connectivity index (χ4n) is 2.77. The van der Waals surface area contributed by atoms with E-state index in [9.17, 15) is 4.39 Å². The standard InChI is InChI=1S/C20H18FN/c1-14-13-18(16-9-5-4-6-10-16)20(22(3)15(14)2)17-11-7-8-12-19(17)21/h4-13H,2H2,1,3H3.